The molecular formula is C14H24N4O. The number of likely N-dealkylation sites (tertiary alicyclic amines) is 1. The molecule has 1 aliphatic heterocycles. The van der Waals surface area contributed by atoms with Crippen molar-refractivity contribution in [1.82, 2.24) is 15.0 Å². The van der Waals surface area contributed by atoms with Crippen molar-refractivity contribution in [3.63, 3.8) is 0 Å². The van der Waals surface area contributed by atoms with Crippen molar-refractivity contribution in [1.29, 1.82) is 0 Å². The Morgan fingerprint density at radius 2 is 2.21 bits per heavy atom. The maximum Gasteiger partial charge on any atom is 0.229 e. The summed E-state index contributed by atoms with van der Waals surface area (Å²) < 4.78 is 5.37. The van der Waals surface area contributed by atoms with E-state index in [-0.39, 0.29) is 5.54 Å². The molecule has 0 radical (unpaired) electrons. The molecule has 1 aromatic rings. The zero-order valence-electron chi connectivity index (χ0n) is 11.8. The zero-order valence-corrected chi connectivity index (χ0v) is 11.8. The smallest absolute Gasteiger partial charge is 0.229 e. The first-order valence-electron chi connectivity index (χ1n) is 7.56. The maximum atomic E-state index is 6.56. The molecule has 19 heavy (non-hydrogen) atoms. The third-order valence-corrected chi connectivity index (χ3v) is 4.32. The lowest BCUT2D eigenvalue weighted by atomic mass is 9.91. The van der Waals surface area contributed by atoms with Crippen LogP contribution in [-0.4, -0.2) is 34.7 Å². The summed E-state index contributed by atoms with van der Waals surface area (Å²) in [6.07, 6.45) is 6.57. The first-order valence-corrected chi connectivity index (χ1v) is 7.56. The van der Waals surface area contributed by atoms with Crippen molar-refractivity contribution in [2.75, 3.05) is 19.6 Å². The monoisotopic (exact) mass is 264 g/mol. The van der Waals surface area contributed by atoms with Gasteiger partial charge in [0.25, 0.3) is 0 Å². The number of nitrogens with two attached hydrogens (primary N) is 1. The number of aromatic nitrogens is 2. The molecule has 2 aliphatic rings. The molecule has 2 N–H and O–H groups in total. The second-order valence-electron chi connectivity index (χ2n) is 6.08. The largest absolute Gasteiger partial charge is 0.339 e. The number of nitrogens with zero attached hydrogens (tertiary/aromatic N) is 3. The van der Waals surface area contributed by atoms with Crippen LogP contribution in [0, 0.1) is 0 Å². The van der Waals surface area contributed by atoms with Crippen LogP contribution in [0.25, 0.3) is 0 Å². The lowest BCUT2D eigenvalue weighted by molar-refractivity contribution is 0.271. The summed E-state index contributed by atoms with van der Waals surface area (Å²) in [7, 11) is 0. The van der Waals surface area contributed by atoms with Gasteiger partial charge in [-0.1, -0.05) is 12.1 Å². The summed E-state index contributed by atoms with van der Waals surface area (Å²) in [5.74, 6) is 2.04. The average Bonchev–Trinajstić information content (AvgIpc) is 3.16. The molecule has 5 nitrogen and oxygen atoms in total. The quantitative estimate of drug-likeness (QED) is 0.900. The second-order valence-corrected chi connectivity index (χ2v) is 6.08. The molecule has 1 saturated heterocycles. The second kappa shape index (κ2) is 5.21. The van der Waals surface area contributed by atoms with Gasteiger partial charge in [0.05, 0.1) is 5.54 Å². The van der Waals surface area contributed by atoms with Crippen LogP contribution in [0.4, 0.5) is 0 Å². The average molecular weight is 264 g/mol. The van der Waals surface area contributed by atoms with E-state index in [1.165, 1.54) is 19.3 Å². The molecule has 3 rings (SSSR count). The molecule has 1 unspecified atom stereocenters. The minimum atomic E-state index is -0.390. The molecule has 1 aliphatic carbocycles. The van der Waals surface area contributed by atoms with Crippen molar-refractivity contribution < 1.29 is 4.52 Å². The molecule has 1 aromatic heterocycles. The van der Waals surface area contributed by atoms with Crippen molar-refractivity contribution in [2.24, 2.45) is 5.73 Å². The number of hydrogen-bond acceptors (Lipinski definition) is 5. The van der Waals surface area contributed by atoms with E-state index in [1.54, 1.807) is 0 Å². The van der Waals surface area contributed by atoms with E-state index in [1.807, 2.05) is 0 Å². The molecule has 0 amide bonds. The Kier molecular flexibility index (Phi) is 3.58. The van der Waals surface area contributed by atoms with Gasteiger partial charge in [-0.05, 0) is 51.6 Å². The van der Waals surface area contributed by atoms with Crippen molar-refractivity contribution in [3.05, 3.63) is 11.7 Å². The fourth-order valence-electron chi connectivity index (χ4n) is 2.91. The zero-order chi connectivity index (χ0) is 13.3. The molecule has 0 bridgehead atoms. The van der Waals surface area contributed by atoms with Crippen molar-refractivity contribution in [3.8, 4) is 0 Å². The SMILES string of the molecule is CCCN1CCCC(N)(c2noc(C3CC3)n2)CC1. The van der Waals surface area contributed by atoms with Crippen LogP contribution in [0.3, 0.4) is 0 Å². The highest BCUT2D eigenvalue weighted by Gasteiger charge is 2.37. The number of rotatable bonds is 4. The van der Waals surface area contributed by atoms with Gasteiger partial charge in [-0.25, -0.2) is 0 Å². The van der Waals surface area contributed by atoms with Crippen LogP contribution in [0.5, 0.6) is 0 Å². The van der Waals surface area contributed by atoms with E-state index in [0.717, 1.165) is 50.6 Å². The van der Waals surface area contributed by atoms with Gasteiger partial charge in [0.1, 0.15) is 0 Å². The molecule has 5 heteroatoms. The molecule has 2 fully saturated rings. The van der Waals surface area contributed by atoms with Gasteiger partial charge in [-0.15, -0.1) is 0 Å². The highest BCUT2D eigenvalue weighted by molar-refractivity contribution is 5.09. The topological polar surface area (TPSA) is 68.2 Å². The molecular weight excluding hydrogens is 240 g/mol. The number of hydrogen-bond donors (Lipinski definition) is 1. The Balaban J connectivity index is 1.70. The van der Waals surface area contributed by atoms with E-state index in [4.69, 9.17) is 10.3 Å². The van der Waals surface area contributed by atoms with E-state index in [2.05, 4.69) is 22.0 Å². The van der Waals surface area contributed by atoms with Crippen LogP contribution >= 0.6 is 0 Å². The first kappa shape index (κ1) is 13.1. The van der Waals surface area contributed by atoms with Gasteiger partial charge in [0.15, 0.2) is 5.82 Å². The van der Waals surface area contributed by atoms with Gasteiger partial charge < -0.3 is 15.2 Å². The summed E-state index contributed by atoms with van der Waals surface area (Å²) in [5.41, 5.74) is 6.17. The van der Waals surface area contributed by atoms with Crippen LogP contribution in [0.15, 0.2) is 4.52 Å². The van der Waals surface area contributed by atoms with Gasteiger partial charge in [-0.3, -0.25) is 0 Å². The van der Waals surface area contributed by atoms with Crippen LogP contribution in [0.2, 0.25) is 0 Å². The summed E-state index contributed by atoms with van der Waals surface area (Å²) >= 11 is 0. The Morgan fingerprint density at radius 1 is 1.37 bits per heavy atom. The summed E-state index contributed by atoms with van der Waals surface area (Å²) in [6, 6.07) is 0. The molecule has 0 aromatic carbocycles. The summed E-state index contributed by atoms with van der Waals surface area (Å²) in [4.78, 5) is 7.06. The molecule has 106 valence electrons. The first-order chi connectivity index (χ1) is 9.21. The lowest BCUT2D eigenvalue weighted by Crippen LogP contribution is -2.39. The third kappa shape index (κ3) is 2.82. The fourth-order valence-corrected chi connectivity index (χ4v) is 2.91. The molecule has 1 atom stereocenters. The van der Waals surface area contributed by atoms with Gasteiger partial charge in [0, 0.05) is 12.5 Å². The minimum Gasteiger partial charge on any atom is -0.339 e. The Labute approximate surface area is 114 Å². The highest BCUT2D eigenvalue weighted by atomic mass is 16.5. The lowest BCUT2D eigenvalue weighted by Gasteiger charge is -2.24. The van der Waals surface area contributed by atoms with Crippen molar-refractivity contribution >= 4 is 0 Å². The van der Waals surface area contributed by atoms with E-state index in [9.17, 15) is 0 Å². The van der Waals surface area contributed by atoms with E-state index < -0.39 is 0 Å². The Morgan fingerprint density at radius 3 is 2.95 bits per heavy atom. The van der Waals surface area contributed by atoms with Crippen LogP contribution in [0.1, 0.15) is 63.1 Å². The van der Waals surface area contributed by atoms with Gasteiger partial charge >= 0.3 is 0 Å². The Hall–Kier alpha value is -0.940. The van der Waals surface area contributed by atoms with Crippen LogP contribution < -0.4 is 5.73 Å². The Bertz CT molecular complexity index is 429. The molecule has 2 heterocycles. The summed E-state index contributed by atoms with van der Waals surface area (Å²) in [6.45, 7) is 5.56. The van der Waals surface area contributed by atoms with E-state index >= 15 is 0 Å². The normalized spacial score (nSPS) is 29.4. The minimum absolute atomic E-state index is 0.390. The summed E-state index contributed by atoms with van der Waals surface area (Å²) in [5, 5.41) is 4.16. The van der Waals surface area contributed by atoms with Gasteiger partial charge in [0.2, 0.25) is 5.89 Å². The fraction of sp³-hybridized carbons (Fsp3) is 0.857. The molecule has 0 spiro atoms. The highest BCUT2D eigenvalue weighted by Crippen LogP contribution is 2.40. The van der Waals surface area contributed by atoms with E-state index in [0.29, 0.717) is 5.92 Å². The maximum absolute atomic E-state index is 6.56. The third-order valence-electron chi connectivity index (χ3n) is 4.32. The van der Waals surface area contributed by atoms with Gasteiger partial charge in [-0.2, -0.15) is 4.98 Å². The predicted molar refractivity (Wildman–Crippen MR) is 72.7 cm³/mol. The molecule has 1 saturated carbocycles. The van der Waals surface area contributed by atoms with Crippen LogP contribution in [-0.2, 0) is 5.54 Å². The van der Waals surface area contributed by atoms with Crippen molar-refractivity contribution in [2.45, 2.75) is 56.9 Å². The standard InChI is InChI=1S/C14H24N4O/c1-2-8-18-9-3-6-14(15,7-10-18)13-16-12(19-17-13)11-4-5-11/h11H,2-10,15H2,1H3. The predicted octanol–water partition coefficient (Wildman–Crippen LogP) is 2.00.